The van der Waals surface area contributed by atoms with Crippen molar-refractivity contribution in [3.05, 3.63) is 0 Å². The van der Waals surface area contributed by atoms with E-state index in [0.717, 1.165) is 38.9 Å². The van der Waals surface area contributed by atoms with Crippen molar-refractivity contribution < 1.29 is 19.1 Å². The molecule has 6 nitrogen and oxygen atoms in total. The zero-order valence-electron chi connectivity index (χ0n) is 15.5. The summed E-state index contributed by atoms with van der Waals surface area (Å²) >= 11 is 0. The number of carbonyl (C=O) groups excluding carboxylic acids is 2. The molecule has 0 bridgehead atoms. The monoisotopic (exact) mass is 340 g/mol. The van der Waals surface area contributed by atoms with E-state index in [0.29, 0.717) is 25.6 Å². The van der Waals surface area contributed by atoms with Crippen molar-refractivity contribution in [3.8, 4) is 0 Å². The van der Waals surface area contributed by atoms with Crippen molar-refractivity contribution in [2.75, 3.05) is 32.8 Å². The standard InChI is InChI=1S/C18H32N2O4/c1-5-19(12-14-9-11-23-13-14)16(21)15-8-6-7-10-20(15)17(22)24-18(2,3)4/h14-15H,5-13H2,1-4H3/t14?,15-/m1/s1. The Balaban J connectivity index is 2.03. The van der Waals surface area contributed by atoms with Crippen molar-refractivity contribution in [3.63, 3.8) is 0 Å². The Kier molecular flexibility index (Phi) is 6.49. The van der Waals surface area contributed by atoms with Gasteiger partial charge in [-0.3, -0.25) is 9.69 Å². The van der Waals surface area contributed by atoms with Gasteiger partial charge in [-0.1, -0.05) is 0 Å². The van der Waals surface area contributed by atoms with Gasteiger partial charge in [0.05, 0.1) is 6.61 Å². The molecule has 0 saturated carbocycles. The van der Waals surface area contributed by atoms with Gasteiger partial charge in [-0.05, 0) is 53.4 Å². The summed E-state index contributed by atoms with van der Waals surface area (Å²) in [5.41, 5.74) is -0.548. The molecule has 1 unspecified atom stereocenters. The van der Waals surface area contributed by atoms with Gasteiger partial charge < -0.3 is 14.4 Å². The number of hydrogen-bond acceptors (Lipinski definition) is 4. The van der Waals surface area contributed by atoms with Crippen molar-refractivity contribution in [2.24, 2.45) is 5.92 Å². The minimum atomic E-state index is -0.548. The lowest BCUT2D eigenvalue weighted by Crippen LogP contribution is -2.54. The molecule has 6 heteroatoms. The Morgan fingerprint density at radius 1 is 1.25 bits per heavy atom. The number of likely N-dealkylation sites (tertiary alicyclic amines) is 1. The van der Waals surface area contributed by atoms with Crippen molar-refractivity contribution in [1.82, 2.24) is 9.80 Å². The lowest BCUT2D eigenvalue weighted by atomic mass is 10.0. The van der Waals surface area contributed by atoms with Crippen LogP contribution in [0, 0.1) is 5.92 Å². The van der Waals surface area contributed by atoms with E-state index in [4.69, 9.17) is 9.47 Å². The third-order valence-electron chi connectivity index (χ3n) is 4.61. The molecule has 0 N–H and O–H groups in total. The number of nitrogens with zero attached hydrogens (tertiary/aromatic N) is 2. The number of amides is 2. The second-order valence-electron chi connectivity index (χ2n) is 7.79. The Morgan fingerprint density at radius 2 is 2.00 bits per heavy atom. The van der Waals surface area contributed by atoms with Crippen LogP contribution in [0.2, 0.25) is 0 Å². The Morgan fingerprint density at radius 3 is 2.58 bits per heavy atom. The maximum absolute atomic E-state index is 13.0. The van der Waals surface area contributed by atoms with Gasteiger partial charge >= 0.3 is 6.09 Å². The molecule has 2 atom stereocenters. The van der Waals surface area contributed by atoms with Crippen molar-refractivity contribution in [2.45, 2.75) is 65.0 Å². The van der Waals surface area contributed by atoms with E-state index in [2.05, 4.69) is 0 Å². The number of ether oxygens (including phenoxy) is 2. The molecule has 2 saturated heterocycles. The van der Waals surface area contributed by atoms with Crippen LogP contribution in [-0.4, -0.2) is 66.3 Å². The van der Waals surface area contributed by atoms with E-state index >= 15 is 0 Å². The Hall–Kier alpha value is -1.30. The van der Waals surface area contributed by atoms with Crippen LogP contribution in [-0.2, 0) is 14.3 Å². The summed E-state index contributed by atoms with van der Waals surface area (Å²) in [6.45, 7) is 11.0. The minimum Gasteiger partial charge on any atom is -0.444 e. The molecule has 0 aromatic rings. The predicted molar refractivity (Wildman–Crippen MR) is 91.8 cm³/mol. The molecule has 0 radical (unpaired) electrons. The van der Waals surface area contributed by atoms with Crippen LogP contribution in [0.3, 0.4) is 0 Å². The van der Waals surface area contributed by atoms with E-state index < -0.39 is 11.6 Å². The summed E-state index contributed by atoms with van der Waals surface area (Å²) in [5, 5.41) is 0. The van der Waals surface area contributed by atoms with Gasteiger partial charge in [0.1, 0.15) is 11.6 Å². The Bertz CT molecular complexity index is 441. The third kappa shape index (κ3) is 5.10. The highest BCUT2D eigenvalue weighted by Crippen LogP contribution is 2.23. The van der Waals surface area contributed by atoms with E-state index in [1.807, 2.05) is 32.6 Å². The van der Waals surface area contributed by atoms with Gasteiger partial charge in [-0.25, -0.2) is 4.79 Å². The van der Waals surface area contributed by atoms with Crippen LogP contribution in [0.25, 0.3) is 0 Å². The largest absolute Gasteiger partial charge is 0.444 e. The van der Waals surface area contributed by atoms with Crippen molar-refractivity contribution in [1.29, 1.82) is 0 Å². The fraction of sp³-hybridized carbons (Fsp3) is 0.889. The molecule has 0 aromatic carbocycles. The van der Waals surface area contributed by atoms with Crippen LogP contribution in [0.4, 0.5) is 4.79 Å². The van der Waals surface area contributed by atoms with Gasteiger partial charge in [0.15, 0.2) is 0 Å². The second-order valence-corrected chi connectivity index (χ2v) is 7.79. The van der Waals surface area contributed by atoms with E-state index in [1.165, 1.54) is 0 Å². The summed E-state index contributed by atoms with van der Waals surface area (Å²) in [6, 6.07) is -0.393. The molecule has 2 heterocycles. The molecule has 2 rings (SSSR count). The van der Waals surface area contributed by atoms with Gasteiger partial charge in [-0.15, -0.1) is 0 Å². The van der Waals surface area contributed by atoms with E-state index in [9.17, 15) is 9.59 Å². The first-order valence-electron chi connectivity index (χ1n) is 9.18. The van der Waals surface area contributed by atoms with Crippen LogP contribution in [0.5, 0.6) is 0 Å². The molecular weight excluding hydrogens is 308 g/mol. The fourth-order valence-electron chi connectivity index (χ4n) is 3.35. The molecule has 0 spiro atoms. The molecule has 138 valence electrons. The number of carbonyl (C=O) groups is 2. The zero-order valence-corrected chi connectivity index (χ0v) is 15.5. The highest BCUT2D eigenvalue weighted by Gasteiger charge is 2.37. The number of piperidine rings is 1. The fourth-order valence-corrected chi connectivity index (χ4v) is 3.35. The first-order chi connectivity index (χ1) is 11.3. The maximum atomic E-state index is 13.0. The van der Waals surface area contributed by atoms with Crippen LogP contribution in [0.1, 0.15) is 53.4 Å². The third-order valence-corrected chi connectivity index (χ3v) is 4.61. The molecule has 2 amide bonds. The van der Waals surface area contributed by atoms with Crippen LogP contribution in [0.15, 0.2) is 0 Å². The first-order valence-corrected chi connectivity index (χ1v) is 9.18. The number of likely N-dealkylation sites (N-methyl/N-ethyl adjacent to an activating group) is 1. The van der Waals surface area contributed by atoms with E-state index in [1.54, 1.807) is 4.90 Å². The maximum Gasteiger partial charge on any atom is 0.410 e. The minimum absolute atomic E-state index is 0.0509. The normalized spacial score (nSPS) is 24.8. The lowest BCUT2D eigenvalue weighted by Gasteiger charge is -2.38. The summed E-state index contributed by atoms with van der Waals surface area (Å²) in [4.78, 5) is 29.0. The molecule has 0 aromatic heterocycles. The second kappa shape index (κ2) is 8.19. The summed E-state index contributed by atoms with van der Waals surface area (Å²) < 4.78 is 10.9. The summed E-state index contributed by atoms with van der Waals surface area (Å²) in [7, 11) is 0. The van der Waals surface area contributed by atoms with Gasteiger partial charge in [-0.2, -0.15) is 0 Å². The average Bonchev–Trinajstić information content (AvgIpc) is 3.03. The molecule has 2 aliphatic rings. The zero-order chi connectivity index (χ0) is 17.7. The van der Waals surface area contributed by atoms with Crippen LogP contribution >= 0.6 is 0 Å². The highest BCUT2D eigenvalue weighted by molar-refractivity contribution is 5.86. The number of rotatable bonds is 4. The van der Waals surface area contributed by atoms with Gasteiger partial charge in [0, 0.05) is 32.2 Å². The highest BCUT2D eigenvalue weighted by atomic mass is 16.6. The van der Waals surface area contributed by atoms with Gasteiger partial charge in [0.25, 0.3) is 0 Å². The molecule has 24 heavy (non-hydrogen) atoms. The topological polar surface area (TPSA) is 59.1 Å². The quantitative estimate of drug-likeness (QED) is 0.789. The summed E-state index contributed by atoms with van der Waals surface area (Å²) in [6.07, 6.45) is 3.24. The molecule has 0 aliphatic carbocycles. The Labute approximate surface area is 145 Å². The summed E-state index contributed by atoms with van der Waals surface area (Å²) in [5.74, 6) is 0.461. The lowest BCUT2D eigenvalue weighted by molar-refractivity contribution is -0.138. The predicted octanol–water partition coefficient (Wildman–Crippen LogP) is 2.66. The molecular formula is C18H32N2O4. The molecule has 2 aliphatic heterocycles. The van der Waals surface area contributed by atoms with Crippen molar-refractivity contribution >= 4 is 12.0 Å². The molecule has 2 fully saturated rings. The average molecular weight is 340 g/mol. The van der Waals surface area contributed by atoms with Gasteiger partial charge in [0.2, 0.25) is 5.91 Å². The first kappa shape index (κ1) is 19.0. The SMILES string of the molecule is CCN(CC1CCOC1)C(=O)[C@H]1CCCCN1C(=O)OC(C)(C)C. The smallest absolute Gasteiger partial charge is 0.410 e. The number of hydrogen-bond donors (Lipinski definition) is 0. The van der Waals surface area contributed by atoms with E-state index in [-0.39, 0.29) is 12.0 Å². The van der Waals surface area contributed by atoms with Crippen LogP contribution < -0.4 is 0 Å².